The molecule has 0 spiro atoms. The Balaban J connectivity index is 1.24. The number of hydrogen-bond donors (Lipinski definition) is 5. The molecule has 0 bridgehead atoms. The Morgan fingerprint density at radius 3 is 2.07 bits per heavy atom. The molecule has 392 valence electrons. The van der Waals surface area contributed by atoms with Crippen molar-refractivity contribution < 1.29 is 33.2 Å². The highest BCUT2D eigenvalue weighted by Crippen LogP contribution is 2.38. The molecule has 3 heterocycles. The van der Waals surface area contributed by atoms with E-state index in [2.05, 4.69) is 43.7 Å². The number of benzene rings is 3. The van der Waals surface area contributed by atoms with Gasteiger partial charge in [-0.2, -0.15) is 0 Å². The summed E-state index contributed by atoms with van der Waals surface area (Å²) in [6.45, 7) is 19.0. The molecular formula is C58H78N8O7. The smallest absolute Gasteiger partial charge is 0.246 e. The Hall–Kier alpha value is -6.35. The summed E-state index contributed by atoms with van der Waals surface area (Å²) in [5, 5.41) is 15.6. The highest BCUT2D eigenvalue weighted by molar-refractivity contribution is 5.95. The number of hydrogen-bond acceptors (Lipinski definition) is 9. The van der Waals surface area contributed by atoms with Gasteiger partial charge in [0.05, 0.1) is 18.3 Å². The lowest BCUT2D eigenvalue weighted by molar-refractivity contribution is -0.147. The molecule has 3 aromatic carbocycles. The summed E-state index contributed by atoms with van der Waals surface area (Å²) in [7, 11) is 1.68. The lowest BCUT2D eigenvalue weighted by Gasteiger charge is -2.42. The van der Waals surface area contributed by atoms with Crippen molar-refractivity contribution in [3.63, 3.8) is 0 Å². The summed E-state index contributed by atoms with van der Waals surface area (Å²) < 4.78 is 5.99. The normalized spacial score (nSPS) is 20.9. The first-order chi connectivity index (χ1) is 34.6. The molecule has 15 nitrogen and oxygen atoms in total. The minimum Gasteiger partial charge on any atom is -0.444 e. The number of fused-ring (bicyclic) bond motifs is 2. The third-order valence-electron chi connectivity index (χ3n) is 15.2. The van der Waals surface area contributed by atoms with Gasteiger partial charge < -0.3 is 40.8 Å². The summed E-state index contributed by atoms with van der Waals surface area (Å²) in [5.74, 6) is -1.62. The number of carbonyl (C=O) groups is 6. The van der Waals surface area contributed by atoms with Crippen LogP contribution in [0.3, 0.4) is 0 Å². The van der Waals surface area contributed by atoms with E-state index in [0.29, 0.717) is 24.5 Å². The number of aryl methyl sites for hydroxylation is 2. The van der Waals surface area contributed by atoms with E-state index in [1.807, 2.05) is 116 Å². The molecule has 7 rings (SSSR count). The van der Waals surface area contributed by atoms with Gasteiger partial charge in [-0.15, -0.1) is 0 Å². The highest BCUT2D eigenvalue weighted by atomic mass is 16.4. The largest absolute Gasteiger partial charge is 0.444 e. The lowest BCUT2D eigenvalue weighted by Crippen LogP contribution is -2.61. The number of carbonyl (C=O) groups excluding carboxylic acids is 6. The van der Waals surface area contributed by atoms with Crippen LogP contribution in [0.1, 0.15) is 151 Å². The molecule has 2 aliphatic heterocycles. The number of nitrogens with zero attached hydrogens (tertiary/aromatic N) is 3. The second-order valence-corrected chi connectivity index (χ2v) is 22.8. The Morgan fingerprint density at radius 1 is 0.767 bits per heavy atom. The fourth-order valence-electron chi connectivity index (χ4n) is 10.4. The second-order valence-electron chi connectivity index (χ2n) is 22.8. The number of aromatic nitrogens is 1. The first kappa shape index (κ1) is 54.4. The average molecular weight is 999 g/mol. The molecule has 0 saturated carbocycles. The zero-order valence-electron chi connectivity index (χ0n) is 44.8. The maximum absolute atomic E-state index is 15.2. The van der Waals surface area contributed by atoms with Crippen molar-refractivity contribution in [3.8, 4) is 0 Å². The van der Waals surface area contributed by atoms with Gasteiger partial charge in [-0.05, 0) is 97.2 Å². The van der Waals surface area contributed by atoms with Crippen LogP contribution in [0.5, 0.6) is 0 Å². The van der Waals surface area contributed by atoms with Gasteiger partial charge in [0.2, 0.25) is 41.3 Å². The molecule has 9 atom stereocenters. The van der Waals surface area contributed by atoms with Crippen LogP contribution >= 0.6 is 0 Å². The summed E-state index contributed by atoms with van der Waals surface area (Å²) in [6.07, 6.45) is 5.78. The Bertz CT molecular complexity index is 2630. The third kappa shape index (κ3) is 12.7. The van der Waals surface area contributed by atoms with Gasteiger partial charge in [-0.1, -0.05) is 128 Å². The quantitative estimate of drug-likeness (QED) is 0.0792. The maximum Gasteiger partial charge on any atom is 0.246 e. The predicted octanol–water partition coefficient (Wildman–Crippen LogP) is 6.93. The number of oxazole rings is 1. The monoisotopic (exact) mass is 999 g/mol. The predicted molar refractivity (Wildman–Crippen MR) is 281 cm³/mol. The van der Waals surface area contributed by atoms with Gasteiger partial charge in [-0.25, -0.2) is 4.98 Å². The van der Waals surface area contributed by atoms with Gasteiger partial charge >= 0.3 is 0 Å². The highest BCUT2D eigenvalue weighted by Gasteiger charge is 2.47. The van der Waals surface area contributed by atoms with E-state index in [0.717, 1.165) is 47.1 Å². The average Bonchev–Trinajstić information content (AvgIpc) is 4.02. The van der Waals surface area contributed by atoms with Crippen LogP contribution in [0.4, 0.5) is 0 Å². The van der Waals surface area contributed by atoms with Crippen molar-refractivity contribution in [2.75, 3.05) is 13.6 Å². The van der Waals surface area contributed by atoms with Crippen LogP contribution in [0.15, 0.2) is 83.4 Å². The molecule has 3 aliphatic rings. The Labute approximate surface area is 431 Å². The molecule has 0 radical (unpaired) electrons. The third-order valence-corrected chi connectivity index (χ3v) is 15.2. The molecule has 3 unspecified atom stereocenters. The molecule has 73 heavy (non-hydrogen) atoms. The molecule has 15 heteroatoms. The van der Waals surface area contributed by atoms with Crippen LogP contribution in [-0.2, 0) is 54.6 Å². The second kappa shape index (κ2) is 22.8. The number of likely N-dealkylation sites (N-methyl/N-ethyl adjacent to an activating group) is 1. The van der Waals surface area contributed by atoms with Crippen LogP contribution in [-0.4, -0.2) is 94.0 Å². The van der Waals surface area contributed by atoms with Gasteiger partial charge in [0, 0.05) is 37.8 Å². The van der Waals surface area contributed by atoms with Crippen LogP contribution in [0, 0.1) is 23.7 Å². The van der Waals surface area contributed by atoms with E-state index in [1.165, 1.54) is 5.56 Å². The molecule has 1 fully saturated rings. The Kier molecular flexibility index (Phi) is 17.0. The molecular weight excluding hydrogens is 921 g/mol. The number of likely N-dealkylation sites (tertiary alicyclic amines) is 1. The number of amides is 6. The van der Waals surface area contributed by atoms with Crippen molar-refractivity contribution in [1.82, 2.24) is 41.4 Å². The minimum atomic E-state index is -0.968. The Morgan fingerprint density at radius 2 is 1.42 bits per heavy atom. The van der Waals surface area contributed by atoms with E-state index >= 15 is 9.59 Å². The fraction of sp³-hybridized carbons (Fsp3) is 0.534. The molecule has 1 saturated heterocycles. The SMILES string of the molecule is CC[C@@H](C)C(=O)N[C@H](C(=O)N1Cc2cc(C3C[C@@H](C(=O)NC(Cc4ccccc4)c4ncc(C)o4)N(C(=O)[C@@H](NC(=O)[C@H](C)NC)C(C)(C)C)C3)ccc2C[C@H]1C(=O)NC1CCCc2ccccc21)C(C)(C)C. The summed E-state index contributed by atoms with van der Waals surface area (Å²) in [5.41, 5.74) is 4.45. The van der Waals surface area contributed by atoms with Crippen LogP contribution in [0.2, 0.25) is 0 Å². The number of rotatable bonds is 16. The molecule has 6 amide bonds. The zero-order valence-corrected chi connectivity index (χ0v) is 44.8. The summed E-state index contributed by atoms with van der Waals surface area (Å²) in [4.78, 5) is 94.6. The van der Waals surface area contributed by atoms with Crippen LogP contribution < -0.4 is 26.6 Å². The van der Waals surface area contributed by atoms with E-state index < -0.39 is 47.1 Å². The number of nitrogens with one attached hydrogen (secondary N) is 5. The minimum absolute atomic E-state index is 0.102. The van der Waals surface area contributed by atoms with Gasteiger partial charge in [0.1, 0.15) is 36.0 Å². The van der Waals surface area contributed by atoms with Crippen molar-refractivity contribution in [3.05, 3.63) is 124 Å². The first-order valence-electron chi connectivity index (χ1n) is 26.2. The standard InChI is InChI=1S/C58H78N8O7/c1-12-34(2)50(67)63-48(57(5,6)7)55(71)65-32-41-28-39(25-26-40(41)29-46(65)52(69)61-44-24-18-22-38-21-16-17-23-43(38)44)42-30-47(66(33-42)56(72)49(58(8,9)10)64-51(68)36(4)59-11)53(70)62-45(54-60-31-35(3)73-54)27-37-19-14-13-15-20-37/h13-17,19-21,23,25-26,28,31,34,36,42,44-49,59H,12,18,22,24,27,29-30,32-33H2,1-11H3,(H,61,69)(H,62,70)(H,63,67)(H,64,68)/t34-,36+,42?,44?,45?,46+,47+,48-,49-/m1/s1. The molecule has 1 aliphatic carbocycles. The topological polar surface area (TPSA) is 195 Å². The van der Waals surface area contributed by atoms with Gasteiger partial charge in [0.15, 0.2) is 0 Å². The summed E-state index contributed by atoms with van der Waals surface area (Å²) in [6, 6.07) is 18.9. The van der Waals surface area contributed by atoms with Crippen molar-refractivity contribution in [1.29, 1.82) is 0 Å². The first-order valence-corrected chi connectivity index (χ1v) is 26.2. The molecule has 5 N–H and O–H groups in total. The van der Waals surface area contributed by atoms with Gasteiger partial charge in [-0.3, -0.25) is 28.8 Å². The maximum atomic E-state index is 15.2. The van der Waals surface area contributed by atoms with Crippen molar-refractivity contribution in [2.24, 2.45) is 16.7 Å². The van der Waals surface area contributed by atoms with E-state index in [1.54, 1.807) is 36.9 Å². The zero-order chi connectivity index (χ0) is 52.9. The van der Waals surface area contributed by atoms with Crippen molar-refractivity contribution in [2.45, 2.75) is 169 Å². The van der Waals surface area contributed by atoms with E-state index in [4.69, 9.17) is 4.42 Å². The van der Waals surface area contributed by atoms with E-state index in [9.17, 15) is 19.2 Å². The lowest BCUT2D eigenvalue weighted by atomic mass is 9.83. The van der Waals surface area contributed by atoms with Gasteiger partial charge in [0.25, 0.3) is 0 Å². The molecule has 4 aromatic rings. The molecule has 1 aromatic heterocycles. The van der Waals surface area contributed by atoms with Crippen molar-refractivity contribution >= 4 is 35.4 Å². The summed E-state index contributed by atoms with van der Waals surface area (Å²) >= 11 is 0. The fourth-order valence-corrected chi connectivity index (χ4v) is 10.4. The van der Waals surface area contributed by atoms with E-state index in [-0.39, 0.29) is 79.3 Å². The van der Waals surface area contributed by atoms with Crippen LogP contribution in [0.25, 0.3) is 0 Å².